The van der Waals surface area contributed by atoms with Crippen molar-refractivity contribution in [2.24, 2.45) is 0 Å². The van der Waals surface area contributed by atoms with Crippen LogP contribution in [0.5, 0.6) is 0 Å². The second kappa shape index (κ2) is 6.66. The van der Waals surface area contributed by atoms with Gasteiger partial charge in [-0.2, -0.15) is 0 Å². The first kappa shape index (κ1) is 14.7. The predicted octanol–water partition coefficient (Wildman–Crippen LogP) is 4.79. The van der Waals surface area contributed by atoms with Crippen LogP contribution in [-0.2, 0) is 6.42 Å². The number of rotatable bonds is 4. The molecule has 0 radical (unpaired) electrons. The van der Waals surface area contributed by atoms with Gasteiger partial charge in [-0.25, -0.2) is 4.39 Å². The van der Waals surface area contributed by atoms with Gasteiger partial charge in [0, 0.05) is 10.2 Å². The van der Waals surface area contributed by atoms with Gasteiger partial charge in [0.1, 0.15) is 5.82 Å². The van der Waals surface area contributed by atoms with Crippen LogP contribution in [0, 0.1) is 5.82 Å². The number of benzene rings is 2. The van der Waals surface area contributed by atoms with Crippen molar-refractivity contribution in [3.8, 4) is 0 Å². The zero-order valence-corrected chi connectivity index (χ0v) is 12.7. The minimum atomic E-state index is -0.377. The molecule has 0 aromatic heterocycles. The predicted molar refractivity (Wildman–Crippen MR) is 82.5 cm³/mol. The molecule has 0 aliphatic rings. The van der Waals surface area contributed by atoms with E-state index in [9.17, 15) is 9.18 Å². The van der Waals surface area contributed by atoms with Crippen LogP contribution in [0.1, 0.15) is 29.3 Å². The maximum Gasteiger partial charge on any atom is 0.256 e. The van der Waals surface area contributed by atoms with Crippen LogP contribution < -0.4 is 5.32 Å². The van der Waals surface area contributed by atoms with E-state index >= 15 is 0 Å². The molecule has 2 rings (SSSR count). The Morgan fingerprint density at radius 2 is 1.90 bits per heavy atom. The molecule has 1 N–H and O–H groups in total. The van der Waals surface area contributed by atoms with Gasteiger partial charge in [-0.05, 0) is 58.2 Å². The highest BCUT2D eigenvalue weighted by Gasteiger charge is 2.10. The van der Waals surface area contributed by atoms with Gasteiger partial charge in [0.2, 0.25) is 0 Å². The summed E-state index contributed by atoms with van der Waals surface area (Å²) in [7, 11) is 0. The highest BCUT2D eigenvalue weighted by Crippen LogP contribution is 2.20. The molecule has 0 fully saturated rings. The molecule has 0 aliphatic carbocycles. The van der Waals surface area contributed by atoms with Crippen molar-refractivity contribution in [3.63, 3.8) is 0 Å². The molecule has 0 aliphatic heterocycles. The number of carbonyl (C=O) groups is 1. The zero-order chi connectivity index (χ0) is 14.5. The molecule has 104 valence electrons. The van der Waals surface area contributed by atoms with Crippen molar-refractivity contribution >= 4 is 27.5 Å². The first-order valence-electron chi connectivity index (χ1n) is 6.45. The number of anilines is 1. The van der Waals surface area contributed by atoms with Crippen LogP contribution in [0.3, 0.4) is 0 Å². The van der Waals surface area contributed by atoms with E-state index in [4.69, 9.17) is 0 Å². The van der Waals surface area contributed by atoms with Crippen LogP contribution >= 0.6 is 15.9 Å². The number of halogens is 2. The highest BCUT2D eigenvalue weighted by molar-refractivity contribution is 9.10. The molecule has 2 aromatic carbocycles. The van der Waals surface area contributed by atoms with E-state index in [1.54, 1.807) is 0 Å². The summed E-state index contributed by atoms with van der Waals surface area (Å²) in [5.74, 6) is -0.641. The van der Waals surface area contributed by atoms with E-state index in [1.165, 1.54) is 23.8 Å². The lowest BCUT2D eigenvalue weighted by Gasteiger charge is -2.08. The van der Waals surface area contributed by atoms with Crippen molar-refractivity contribution in [2.45, 2.75) is 19.8 Å². The molecule has 20 heavy (non-hydrogen) atoms. The molecule has 4 heteroatoms. The first-order valence-corrected chi connectivity index (χ1v) is 7.25. The van der Waals surface area contributed by atoms with E-state index < -0.39 is 0 Å². The fourth-order valence-corrected chi connectivity index (χ4v) is 2.45. The second-order valence-corrected chi connectivity index (χ2v) is 5.38. The summed E-state index contributed by atoms with van der Waals surface area (Å²) in [5, 5.41) is 2.80. The third-order valence-electron chi connectivity index (χ3n) is 2.93. The number of nitrogens with one attached hydrogen (secondary N) is 1. The molecule has 0 atom stereocenters. The van der Waals surface area contributed by atoms with Gasteiger partial charge in [0.25, 0.3) is 5.91 Å². The van der Waals surface area contributed by atoms with Crippen molar-refractivity contribution in [3.05, 3.63) is 63.9 Å². The van der Waals surface area contributed by atoms with E-state index in [0.717, 1.165) is 18.5 Å². The van der Waals surface area contributed by atoms with Gasteiger partial charge >= 0.3 is 0 Å². The largest absolute Gasteiger partial charge is 0.322 e. The summed E-state index contributed by atoms with van der Waals surface area (Å²) in [4.78, 5) is 12.1. The Morgan fingerprint density at radius 3 is 2.50 bits per heavy atom. The van der Waals surface area contributed by atoms with Crippen LogP contribution in [0.15, 0.2) is 46.9 Å². The van der Waals surface area contributed by atoms with Crippen LogP contribution in [-0.4, -0.2) is 5.91 Å². The molecule has 0 heterocycles. The molecule has 2 nitrogen and oxygen atoms in total. The number of amides is 1. The minimum Gasteiger partial charge on any atom is -0.322 e. The van der Waals surface area contributed by atoms with Crippen molar-refractivity contribution in [1.82, 2.24) is 0 Å². The molecule has 0 unspecified atom stereocenters. The summed E-state index contributed by atoms with van der Waals surface area (Å²) >= 11 is 3.19. The smallest absolute Gasteiger partial charge is 0.256 e. The summed E-state index contributed by atoms with van der Waals surface area (Å²) in [6.45, 7) is 2.13. The van der Waals surface area contributed by atoms with E-state index in [2.05, 4.69) is 28.2 Å². The fraction of sp³-hybridized carbons (Fsp3) is 0.188. The minimum absolute atomic E-state index is 0.264. The molecular weight excluding hydrogens is 321 g/mol. The van der Waals surface area contributed by atoms with Gasteiger partial charge in [-0.3, -0.25) is 4.79 Å². The number of carbonyl (C=O) groups excluding carboxylic acids is 1. The van der Waals surface area contributed by atoms with Crippen molar-refractivity contribution < 1.29 is 9.18 Å². The fourth-order valence-electron chi connectivity index (χ4n) is 1.92. The average Bonchev–Trinajstić information content (AvgIpc) is 2.41. The second-order valence-electron chi connectivity index (χ2n) is 4.53. The maximum absolute atomic E-state index is 13.0. The van der Waals surface area contributed by atoms with E-state index in [0.29, 0.717) is 10.0 Å². The molecule has 0 spiro atoms. The summed E-state index contributed by atoms with van der Waals surface area (Å²) < 4.78 is 13.4. The Balaban J connectivity index is 2.11. The normalized spacial score (nSPS) is 10.3. The third kappa shape index (κ3) is 3.67. The Hall–Kier alpha value is -1.68. The number of hydrogen-bond acceptors (Lipinski definition) is 1. The van der Waals surface area contributed by atoms with Gasteiger partial charge in [-0.15, -0.1) is 0 Å². The monoisotopic (exact) mass is 335 g/mol. The average molecular weight is 336 g/mol. The highest BCUT2D eigenvalue weighted by atomic mass is 79.9. The standard InChI is InChI=1S/C16H15BrFNO/c1-2-3-11-4-7-13(8-5-11)19-16(20)14-9-6-12(18)10-15(14)17/h4-10H,2-3H2,1H3,(H,19,20). The van der Waals surface area contributed by atoms with Gasteiger partial charge in [0.05, 0.1) is 5.56 Å². The lowest BCUT2D eigenvalue weighted by atomic mass is 10.1. The molecule has 0 saturated heterocycles. The molecule has 2 aromatic rings. The lowest BCUT2D eigenvalue weighted by molar-refractivity contribution is 0.102. The van der Waals surface area contributed by atoms with Gasteiger partial charge in [-0.1, -0.05) is 25.5 Å². The summed E-state index contributed by atoms with van der Waals surface area (Å²) in [6, 6.07) is 11.8. The van der Waals surface area contributed by atoms with Crippen LogP contribution in [0.4, 0.5) is 10.1 Å². The maximum atomic E-state index is 13.0. The Bertz CT molecular complexity index is 610. The van der Waals surface area contributed by atoms with Crippen molar-refractivity contribution in [2.75, 3.05) is 5.32 Å². The molecule has 1 amide bonds. The summed E-state index contributed by atoms with van der Waals surface area (Å²) in [5.41, 5.74) is 2.38. The molecular formula is C16H15BrFNO. The topological polar surface area (TPSA) is 29.1 Å². The lowest BCUT2D eigenvalue weighted by Crippen LogP contribution is -2.12. The Labute approximate surface area is 126 Å². The Morgan fingerprint density at radius 1 is 1.20 bits per heavy atom. The number of hydrogen-bond donors (Lipinski definition) is 1. The molecule has 0 bridgehead atoms. The SMILES string of the molecule is CCCc1ccc(NC(=O)c2ccc(F)cc2Br)cc1. The van der Waals surface area contributed by atoms with Crippen molar-refractivity contribution in [1.29, 1.82) is 0 Å². The number of aryl methyl sites for hydroxylation is 1. The van der Waals surface area contributed by atoms with Crippen LogP contribution in [0.2, 0.25) is 0 Å². The van der Waals surface area contributed by atoms with Crippen LogP contribution in [0.25, 0.3) is 0 Å². The van der Waals surface area contributed by atoms with E-state index in [1.807, 2.05) is 24.3 Å². The van der Waals surface area contributed by atoms with Gasteiger partial charge < -0.3 is 5.32 Å². The van der Waals surface area contributed by atoms with E-state index in [-0.39, 0.29) is 11.7 Å². The Kier molecular flexibility index (Phi) is 4.90. The molecule has 0 saturated carbocycles. The zero-order valence-electron chi connectivity index (χ0n) is 11.1. The first-order chi connectivity index (χ1) is 9.60. The quantitative estimate of drug-likeness (QED) is 0.854. The summed E-state index contributed by atoms with van der Waals surface area (Å²) in [6.07, 6.45) is 2.12. The third-order valence-corrected chi connectivity index (χ3v) is 3.58. The van der Waals surface area contributed by atoms with Gasteiger partial charge in [0.15, 0.2) is 0 Å².